The molecule has 0 amide bonds. The van der Waals surface area contributed by atoms with Crippen molar-refractivity contribution in [2.45, 2.75) is 25.8 Å². The summed E-state index contributed by atoms with van der Waals surface area (Å²) in [6.07, 6.45) is 4.09. The van der Waals surface area contributed by atoms with Crippen LogP contribution in [0.25, 0.3) is 0 Å². The molecule has 0 spiro atoms. The Hall–Kier alpha value is -1.27. The van der Waals surface area contributed by atoms with Gasteiger partial charge in [-0.25, -0.2) is 0 Å². The van der Waals surface area contributed by atoms with Crippen molar-refractivity contribution in [3.8, 4) is 0 Å². The lowest BCUT2D eigenvalue weighted by Gasteiger charge is -2.37. The second-order valence-electron chi connectivity index (χ2n) is 6.49. The zero-order valence-electron chi connectivity index (χ0n) is 13.7. The fourth-order valence-electron chi connectivity index (χ4n) is 3.20. The number of hydrogen-bond donors (Lipinski definition) is 0. The summed E-state index contributed by atoms with van der Waals surface area (Å²) in [5.41, 5.74) is 3.18. The zero-order valence-corrected chi connectivity index (χ0v) is 15.8. The van der Waals surface area contributed by atoms with Crippen LogP contribution in [0.4, 0.5) is 11.4 Å². The summed E-state index contributed by atoms with van der Waals surface area (Å²) in [6, 6.07) is 18.4. The van der Waals surface area contributed by atoms with E-state index >= 15 is 0 Å². The van der Waals surface area contributed by atoms with E-state index in [1.807, 2.05) is 36.4 Å². The molecule has 1 aliphatic rings. The molecule has 0 aromatic heterocycles. The molecule has 0 saturated carbocycles. The Balaban J connectivity index is 0.00000192. The molecule has 0 aliphatic carbocycles. The minimum Gasteiger partial charge on any atom is -1.00 e. The van der Waals surface area contributed by atoms with Gasteiger partial charge in [0.05, 0.1) is 31.5 Å². The maximum Gasteiger partial charge on any atom is 0.104 e. The largest absolute Gasteiger partial charge is 1.00 e. The second-order valence-corrected chi connectivity index (χ2v) is 6.49. The van der Waals surface area contributed by atoms with Gasteiger partial charge in [-0.1, -0.05) is 30.3 Å². The van der Waals surface area contributed by atoms with Gasteiger partial charge in [0.15, 0.2) is 0 Å². The predicted octanol–water partition coefficient (Wildman–Crippen LogP) is 2.24. The molecule has 0 atom stereocenters. The van der Waals surface area contributed by atoms with Gasteiger partial charge in [0, 0.05) is 5.56 Å². The van der Waals surface area contributed by atoms with Crippen LogP contribution in [0, 0.1) is 0 Å². The molecule has 1 heterocycles. The van der Waals surface area contributed by atoms with Gasteiger partial charge in [-0.3, -0.25) is 0 Å². The molecule has 3 nitrogen and oxygen atoms in total. The first-order valence-electron chi connectivity index (χ1n) is 8.13. The Morgan fingerprint density at radius 1 is 0.826 bits per heavy atom. The maximum atomic E-state index is 4.37. The summed E-state index contributed by atoms with van der Waals surface area (Å²) in [7, 11) is 2.37. The monoisotopic (exact) mass is 421 g/mol. The van der Waals surface area contributed by atoms with Gasteiger partial charge in [0.25, 0.3) is 0 Å². The Morgan fingerprint density at radius 3 is 2.22 bits per heavy atom. The minimum absolute atomic E-state index is 0. The Kier molecular flexibility index (Phi) is 6.72. The van der Waals surface area contributed by atoms with Crippen molar-refractivity contribution in [1.29, 1.82) is 0 Å². The van der Waals surface area contributed by atoms with Gasteiger partial charge >= 0.3 is 0 Å². The highest BCUT2D eigenvalue weighted by atomic mass is 127. The van der Waals surface area contributed by atoms with E-state index in [1.165, 1.54) is 37.9 Å². The number of azo groups is 1. The van der Waals surface area contributed by atoms with E-state index in [9.17, 15) is 0 Å². The van der Waals surface area contributed by atoms with Gasteiger partial charge in [-0.15, -0.1) is 0 Å². The van der Waals surface area contributed by atoms with Crippen LogP contribution >= 0.6 is 0 Å². The molecule has 0 bridgehead atoms. The van der Waals surface area contributed by atoms with Gasteiger partial charge in [-0.05, 0) is 43.5 Å². The highest BCUT2D eigenvalue weighted by Crippen LogP contribution is 2.23. The molecule has 1 saturated heterocycles. The van der Waals surface area contributed by atoms with E-state index in [0.29, 0.717) is 0 Å². The SMILES string of the molecule is C[N+]1(Cc2cccc(N=Nc3ccccc3)c2)CCCCC1.[I-]. The molecular weight excluding hydrogens is 397 g/mol. The molecular formula is C19H24IN3. The summed E-state index contributed by atoms with van der Waals surface area (Å²) in [6.45, 7) is 3.67. The normalized spacial score (nSPS) is 16.9. The van der Waals surface area contributed by atoms with E-state index in [1.54, 1.807) is 0 Å². The van der Waals surface area contributed by atoms with Crippen LogP contribution < -0.4 is 24.0 Å². The third-order valence-corrected chi connectivity index (χ3v) is 4.41. The molecule has 3 rings (SSSR count). The number of benzene rings is 2. The molecule has 122 valence electrons. The highest BCUT2D eigenvalue weighted by Gasteiger charge is 2.24. The van der Waals surface area contributed by atoms with Crippen LogP contribution in [0.2, 0.25) is 0 Å². The van der Waals surface area contributed by atoms with Crippen molar-refractivity contribution >= 4 is 11.4 Å². The fraction of sp³-hybridized carbons (Fsp3) is 0.368. The molecule has 4 heteroatoms. The topological polar surface area (TPSA) is 24.7 Å². The van der Waals surface area contributed by atoms with Crippen LogP contribution in [-0.4, -0.2) is 24.6 Å². The Morgan fingerprint density at radius 2 is 1.48 bits per heavy atom. The average Bonchev–Trinajstić information content (AvgIpc) is 2.54. The number of piperidine rings is 1. The van der Waals surface area contributed by atoms with Crippen molar-refractivity contribution in [3.63, 3.8) is 0 Å². The smallest absolute Gasteiger partial charge is 0.104 e. The summed E-state index contributed by atoms with van der Waals surface area (Å²) < 4.78 is 1.15. The quantitative estimate of drug-likeness (QED) is 0.411. The first kappa shape index (κ1) is 18.1. The summed E-state index contributed by atoms with van der Waals surface area (Å²) in [5, 5.41) is 8.67. The number of hydrogen-bond acceptors (Lipinski definition) is 2. The summed E-state index contributed by atoms with van der Waals surface area (Å²) >= 11 is 0. The lowest BCUT2D eigenvalue weighted by Crippen LogP contribution is -3.00. The van der Waals surface area contributed by atoms with Crippen molar-refractivity contribution in [1.82, 2.24) is 0 Å². The molecule has 0 radical (unpaired) electrons. The standard InChI is InChI=1S/C19H24N3.HI/c1-22(13-6-3-7-14-22)16-17-9-8-12-19(15-17)21-20-18-10-4-2-5-11-18;/h2,4-5,8-12,15H,3,6-7,13-14,16H2,1H3;1H/q+1;/p-1. The molecule has 0 N–H and O–H groups in total. The minimum atomic E-state index is 0. The third-order valence-electron chi connectivity index (χ3n) is 4.41. The molecule has 2 aromatic rings. The van der Waals surface area contributed by atoms with E-state index in [-0.39, 0.29) is 24.0 Å². The van der Waals surface area contributed by atoms with Crippen molar-refractivity contribution < 1.29 is 28.5 Å². The molecule has 1 fully saturated rings. The number of nitrogens with zero attached hydrogens (tertiary/aromatic N) is 3. The number of quaternary nitrogens is 1. The van der Waals surface area contributed by atoms with Crippen molar-refractivity contribution in [3.05, 3.63) is 60.2 Å². The molecule has 1 aliphatic heterocycles. The zero-order chi connectivity index (χ0) is 15.3. The Bertz CT molecular complexity index is 634. The lowest BCUT2D eigenvalue weighted by molar-refractivity contribution is -0.926. The third kappa shape index (κ3) is 5.39. The molecule has 0 unspecified atom stereocenters. The van der Waals surface area contributed by atoms with Crippen LogP contribution in [0.1, 0.15) is 24.8 Å². The van der Waals surface area contributed by atoms with Gasteiger partial charge in [-0.2, -0.15) is 10.2 Å². The van der Waals surface area contributed by atoms with Gasteiger partial charge < -0.3 is 28.5 Å². The average molecular weight is 421 g/mol. The van der Waals surface area contributed by atoms with E-state index in [2.05, 4.69) is 35.5 Å². The predicted molar refractivity (Wildman–Crippen MR) is 90.5 cm³/mol. The van der Waals surface area contributed by atoms with Crippen molar-refractivity contribution in [2.75, 3.05) is 20.1 Å². The highest BCUT2D eigenvalue weighted by molar-refractivity contribution is 5.41. The molecule has 2 aromatic carbocycles. The van der Waals surface area contributed by atoms with Crippen LogP contribution in [-0.2, 0) is 6.54 Å². The maximum absolute atomic E-state index is 4.37. The Labute approximate surface area is 156 Å². The van der Waals surface area contributed by atoms with Crippen LogP contribution in [0.5, 0.6) is 0 Å². The van der Waals surface area contributed by atoms with Crippen LogP contribution in [0.15, 0.2) is 64.8 Å². The van der Waals surface area contributed by atoms with Crippen LogP contribution in [0.3, 0.4) is 0 Å². The fourth-order valence-corrected chi connectivity index (χ4v) is 3.20. The van der Waals surface area contributed by atoms with Crippen molar-refractivity contribution in [2.24, 2.45) is 10.2 Å². The van der Waals surface area contributed by atoms with E-state index < -0.39 is 0 Å². The first-order valence-corrected chi connectivity index (χ1v) is 8.13. The number of halogens is 1. The molecule has 23 heavy (non-hydrogen) atoms. The number of rotatable bonds is 4. The van der Waals surface area contributed by atoms with E-state index in [4.69, 9.17) is 0 Å². The number of likely N-dealkylation sites (tertiary alicyclic amines) is 1. The summed E-state index contributed by atoms with van der Waals surface area (Å²) in [4.78, 5) is 0. The summed E-state index contributed by atoms with van der Waals surface area (Å²) in [5.74, 6) is 0. The van der Waals surface area contributed by atoms with Gasteiger partial charge in [0.2, 0.25) is 0 Å². The van der Waals surface area contributed by atoms with E-state index in [0.717, 1.165) is 22.4 Å². The van der Waals surface area contributed by atoms with Gasteiger partial charge in [0.1, 0.15) is 6.54 Å². The first-order chi connectivity index (χ1) is 10.7. The lowest BCUT2D eigenvalue weighted by atomic mass is 10.1. The second kappa shape index (κ2) is 8.55.